The van der Waals surface area contributed by atoms with Crippen molar-refractivity contribution < 1.29 is 27.5 Å². The molecule has 0 unspecified atom stereocenters. The minimum Gasteiger partial charge on any atom is -0.462 e. The fraction of sp³-hybridized carbons (Fsp3) is 0.286. The van der Waals surface area contributed by atoms with Gasteiger partial charge < -0.3 is 10.1 Å². The normalized spacial score (nSPS) is 13.2. The zero-order valence-corrected chi connectivity index (χ0v) is 16.4. The summed E-state index contributed by atoms with van der Waals surface area (Å²) in [5, 5.41) is 7.69. The van der Waals surface area contributed by atoms with Crippen LogP contribution in [0.5, 0.6) is 0 Å². The molecule has 0 spiro atoms. The Morgan fingerprint density at radius 3 is 2.67 bits per heavy atom. The molecule has 0 bridgehead atoms. The molecule has 6 nitrogen and oxygen atoms in total. The maximum Gasteiger partial charge on any atom is 0.434 e. The number of alkyl halides is 3. The maximum atomic E-state index is 14.0. The number of nitrogens with zero attached hydrogens (tertiary/aromatic N) is 2. The Morgan fingerprint density at radius 1 is 1.30 bits per heavy atom. The van der Waals surface area contributed by atoms with Gasteiger partial charge in [-0.05, 0) is 30.5 Å². The summed E-state index contributed by atoms with van der Waals surface area (Å²) in [6.45, 7) is 5.21. The molecule has 4 rings (SSSR count). The van der Waals surface area contributed by atoms with Crippen LogP contribution in [0.3, 0.4) is 0 Å². The lowest BCUT2D eigenvalue weighted by atomic mass is 9.94. The third-order valence-corrected chi connectivity index (χ3v) is 5.04. The second kappa shape index (κ2) is 6.86. The van der Waals surface area contributed by atoms with Gasteiger partial charge in [0.05, 0.1) is 24.2 Å². The Kier molecular flexibility index (Phi) is 4.56. The second-order valence-corrected chi connectivity index (χ2v) is 7.23. The topological polar surface area (TPSA) is 73.2 Å². The number of anilines is 1. The Labute approximate surface area is 169 Å². The van der Waals surface area contributed by atoms with Crippen LogP contribution in [0.1, 0.15) is 58.7 Å². The number of nitrogens with one attached hydrogen (secondary N) is 1. The van der Waals surface area contributed by atoms with E-state index in [0.717, 1.165) is 6.20 Å². The number of rotatable bonds is 4. The second-order valence-electron chi connectivity index (χ2n) is 7.23. The largest absolute Gasteiger partial charge is 0.462 e. The monoisotopic (exact) mass is 417 g/mol. The van der Waals surface area contributed by atoms with Gasteiger partial charge >= 0.3 is 12.1 Å². The van der Waals surface area contributed by atoms with E-state index in [9.17, 15) is 22.8 Å². The van der Waals surface area contributed by atoms with Gasteiger partial charge in [0.1, 0.15) is 5.56 Å². The minimum atomic E-state index is -4.85. The van der Waals surface area contributed by atoms with E-state index in [-0.39, 0.29) is 24.1 Å². The zero-order valence-electron chi connectivity index (χ0n) is 16.4. The van der Waals surface area contributed by atoms with Crippen molar-refractivity contribution in [1.82, 2.24) is 9.78 Å². The summed E-state index contributed by atoms with van der Waals surface area (Å²) in [6, 6.07) is 6.44. The number of hydrogen-bond donors (Lipinski definition) is 1. The molecular formula is C21H18F3N3O3. The van der Waals surface area contributed by atoms with Crippen molar-refractivity contribution in [2.45, 2.75) is 32.9 Å². The molecule has 30 heavy (non-hydrogen) atoms. The Bertz CT molecular complexity index is 1200. The predicted molar refractivity (Wildman–Crippen MR) is 104 cm³/mol. The van der Waals surface area contributed by atoms with Crippen molar-refractivity contribution in [3.05, 3.63) is 52.8 Å². The van der Waals surface area contributed by atoms with Gasteiger partial charge in [0.15, 0.2) is 5.69 Å². The van der Waals surface area contributed by atoms with Crippen LogP contribution >= 0.6 is 0 Å². The molecule has 9 heteroatoms. The van der Waals surface area contributed by atoms with E-state index in [4.69, 9.17) is 4.74 Å². The number of ether oxygens (including phenoxy) is 1. The lowest BCUT2D eigenvalue weighted by Crippen LogP contribution is -2.19. The lowest BCUT2D eigenvalue weighted by molar-refractivity contribution is -0.143. The molecule has 0 atom stereocenters. The summed E-state index contributed by atoms with van der Waals surface area (Å²) in [5.41, 5.74) is -0.0782. The van der Waals surface area contributed by atoms with Crippen LogP contribution in [0.4, 0.5) is 18.9 Å². The Morgan fingerprint density at radius 2 is 2.03 bits per heavy atom. The molecule has 1 aliphatic rings. The molecule has 2 heterocycles. The highest BCUT2D eigenvalue weighted by atomic mass is 19.4. The van der Waals surface area contributed by atoms with Crippen LogP contribution in [-0.2, 0) is 10.9 Å². The standard InChI is InChI=1S/C21H18F3N3O3/c1-4-30-20(29)14-9-25-27(18(14)21(22,23)24)15-8-13(10(2)3)17-16-11(15)6-5-7-12(16)19(28)26-17/h5-10H,4H2,1-3H3,(H,26,28). The minimum absolute atomic E-state index is 0.0619. The number of amides is 1. The van der Waals surface area contributed by atoms with Gasteiger partial charge in [-0.15, -0.1) is 0 Å². The van der Waals surface area contributed by atoms with Crippen LogP contribution in [0.2, 0.25) is 0 Å². The summed E-state index contributed by atoms with van der Waals surface area (Å²) < 4.78 is 47.4. The number of hydrogen-bond acceptors (Lipinski definition) is 4. The third kappa shape index (κ3) is 2.92. The third-order valence-electron chi connectivity index (χ3n) is 5.04. The van der Waals surface area contributed by atoms with Crippen molar-refractivity contribution in [3.8, 4) is 5.69 Å². The first kappa shape index (κ1) is 19.9. The van der Waals surface area contributed by atoms with Gasteiger partial charge in [-0.3, -0.25) is 4.79 Å². The summed E-state index contributed by atoms with van der Waals surface area (Å²) in [7, 11) is 0. The number of aromatic nitrogens is 2. The van der Waals surface area contributed by atoms with E-state index in [1.807, 2.05) is 13.8 Å². The van der Waals surface area contributed by atoms with E-state index in [2.05, 4.69) is 10.4 Å². The quantitative estimate of drug-likeness (QED) is 0.612. The molecule has 1 aromatic heterocycles. The van der Waals surface area contributed by atoms with Gasteiger partial charge in [0, 0.05) is 16.3 Å². The van der Waals surface area contributed by atoms with Crippen molar-refractivity contribution >= 4 is 28.3 Å². The van der Waals surface area contributed by atoms with Crippen molar-refractivity contribution in [3.63, 3.8) is 0 Å². The molecular weight excluding hydrogens is 399 g/mol. The molecule has 0 radical (unpaired) electrons. The molecule has 0 saturated heterocycles. The van der Waals surface area contributed by atoms with Gasteiger partial charge in [-0.1, -0.05) is 26.0 Å². The SMILES string of the molecule is CCOC(=O)c1cnn(-c2cc(C(C)C)c3c4c(cccc24)C(=O)N3)c1C(F)(F)F. The highest BCUT2D eigenvalue weighted by Crippen LogP contribution is 2.43. The Balaban J connectivity index is 2.08. The van der Waals surface area contributed by atoms with Crippen LogP contribution in [0.25, 0.3) is 16.5 Å². The summed E-state index contributed by atoms with van der Waals surface area (Å²) in [5.74, 6) is -1.48. The Hall–Kier alpha value is -3.36. The first-order valence-electron chi connectivity index (χ1n) is 9.38. The number of carbonyl (C=O) groups is 2. The van der Waals surface area contributed by atoms with Gasteiger partial charge in [0.25, 0.3) is 5.91 Å². The van der Waals surface area contributed by atoms with E-state index in [0.29, 0.717) is 32.3 Å². The number of benzene rings is 2. The smallest absolute Gasteiger partial charge is 0.434 e. The van der Waals surface area contributed by atoms with Gasteiger partial charge in [0.2, 0.25) is 0 Å². The van der Waals surface area contributed by atoms with E-state index < -0.39 is 23.4 Å². The van der Waals surface area contributed by atoms with Crippen LogP contribution in [0, 0.1) is 0 Å². The molecule has 1 N–H and O–H groups in total. The van der Waals surface area contributed by atoms with Gasteiger partial charge in [-0.25, -0.2) is 9.48 Å². The molecule has 0 fully saturated rings. The number of esters is 1. The zero-order chi connectivity index (χ0) is 21.8. The number of halogens is 3. The predicted octanol–water partition coefficient (Wildman–Crippen LogP) is 4.91. The van der Waals surface area contributed by atoms with Crippen molar-refractivity contribution in [2.24, 2.45) is 0 Å². The molecule has 156 valence electrons. The summed E-state index contributed by atoms with van der Waals surface area (Å²) in [6.07, 6.45) is -3.99. The lowest BCUT2D eigenvalue weighted by Gasteiger charge is -2.18. The number of carbonyl (C=O) groups excluding carboxylic acids is 2. The maximum absolute atomic E-state index is 14.0. The molecule has 0 saturated carbocycles. The fourth-order valence-corrected chi connectivity index (χ4v) is 3.77. The molecule has 1 amide bonds. The van der Waals surface area contributed by atoms with E-state index in [1.165, 1.54) is 6.92 Å². The van der Waals surface area contributed by atoms with Crippen molar-refractivity contribution in [1.29, 1.82) is 0 Å². The summed E-state index contributed by atoms with van der Waals surface area (Å²) in [4.78, 5) is 24.5. The molecule has 1 aliphatic heterocycles. The fourth-order valence-electron chi connectivity index (χ4n) is 3.77. The van der Waals surface area contributed by atoms with Crippen LogP contribution in [0.15, 0.2) is 30.5 Å². The van der Waals surface area contributed by atoms with Gasteiger partial charge in [-0.2, -0.15) is 18.3 Å². The van der Waals surface area contributed by atoms with Crippen LogP contribution < -0.4 is 5.32 Å². The highest BCUT2D eigenvalue weighted by molar-refractivity contribution is 6.25. The first-order valence-corrected chi connectivity index (χ1v) is 9.38. The van der Waals surface area contributed by atoms with E-state index in [1.54, 1.807) is 24.3 Å². The first-order chi connectivity index (χ1) is 14.1. The van der Waals surface area contributed by atoms with Crippen LogP contribution in [-0.4, -0.2) is 28.3 Å². The molecule has 3 aromatic rings. The summed E-state index contributed by atoms with van der Waals surface area (Å²) >= 11 is 0. The average molecular weight is 417 g/mol. The average Bonchev–Trinajstić information content (AvgIpc) is 3.25. The highest BCUT2D eigenvalue weighted by Gasteiger charge is 2.41. The molecule has 2 aromatic carbocycles. The van der Waals surface area contributed by atoms with E-state index >= 15 is 0 Å². The van der Waals surface area contributed by atoms with Crippen molar-refractivity contribution in [2.75, 3.05) is 11.9 Å². The molecule has 0 aliphatic carbocycles.